The van der Waals surface area contributed by atoms with E-state index in [0.29, 0.717) is 9.13 Å². The first-order valence-corrected chi connectivity index (χ1v) is 8.28. The number of rotatable bonds is 6. The van der Waals surface area contributed by atoms with Crippen molar-refractivity contribution >= 4 is 52.3 Å². The van der Waals surface area contributed by atoms with Crippen LogP contribution in [0.25, 0.3) is 0 Å². The molecule has 25 heavy (non-hydrogen) atoms. The maximum Gasteiger partial charge on any atom is 0.341 e. The lowest BCUT2D eigenvalue weighted by Gasteiger charge is -2.06. The predicted molar refractivity (Wildman–Crippen MR) is 100 cm³/mol. The minimum absolute atomic E-state index is 0.0148. The number of amides is 1. The van der Waals surface area contributed by atoms with Crippen LogP contribution in [0, 0.1) is 3.57 Å². The van der Waals surface area contributed by atoms with E-state index in [9.17, 15) is 14.7 Å². The van der Waals surface area contributed by atoms with Crippen LogP contribution in [-0.2, 0) is 4.79 Å². The average Bonchev–Trinajstić information content (AvgIpc) is 2.56. The summed E-state index contributed by atoms with van der Waals surface area (Å²) in [4.78, 5) is 22.4. The Labute approximate surface area is 161 Å². The number of phenols is 1. The Bertz CT molecular complexity index is 841. The van der Waals surface area contributed by atoms with Gasteiger partial charge < -0.3 is 14.9 Å². The molecule has 3 N–H and O–H groups in total. The van der Waals surface area contributed by atoms with Gasteiger partial charge in [0, 0.05) is 5.56 Å². The van der Waals surface area contributed by atoms with Gasteiger partial charge in [0.25, 0.3) is 5.91 Å². The van der Waals surface area contributed by atoms with E-state index in [1.165, 1.54) is 24.4 Å². The number of nitrogens with one attached hydrogen (secondary N) is 1. The first-order chi connectivity index (χ1) is 11.9. The molecule has 1 amide bonds. The molecule has 0 aliphatic carbocycles. The fourth-order valence-electron chi connectivity index (χ4n) is 1.74. The summed E-state index contributed by atoms with van der Waals surface area (Å²) in [6, 6.07) is 9.16. The molecule has 0 saturated carbocycles. The third-order valence-electron chi connectivity index (χ3n) is 2.90. The van der Waals surface area contributed by atoms with Crippen LogP contribution in [0.3, 0.4) is 0 Å². The van der Waals surface area contributed by atoms with Crippen LogP contribution in [0.4, 0.5) is 0 Å². The molecule has 0 atom stereocenters. The van der Waals surface area contributed by atoms with Crippen molar-refractivity contribution in [2.24, 2.45) is 5.10 Å². The molecule has 0 unspecified atom stereocenters. The van der Waals surface area contributed by atoms with Gasteiger partial charge in [-0.2, -0.15) is 5.10 Å². The molecule has 0 bridgehead atoms. The summed E-state index contributed by atoms with van der Waals surface area (Å²) in [5.41, 5.74) is 3.18. The molecule has 0 aromatic heterocycles. The molecule has 0 aliphatic rings. The van der Waals surface area contributed by atoms with Gasteiger partial charge in [-0.25, -0.2) is 10.2 Å². The summed E-state index contributed by atoms with van der Waals surface area (Å²) < 4.78 is 5.64. The SMILES string of the molecule is O=C(O)COc1ccc(/C=N\NC(=O)c2ccc(I)c(O)c2)cc1Cl. The number of hydrazone groups is 1. The Balaban J connectivity index is 1.99. The van der Waals surface area contributed by atoms with E-state index in [0.717, 1.165) is 0 Å². The number of hydrogen-bond donors (Lipinski definition) is 3. The number of halogens is 2. The highest BCUT2D eigenvalue weighted by atomic mass is 127. The zero-order chi connectivity index (χ0) is 18.4. The van der Waals surface area contributed by atoms with Gasteiger partial charge in [0.05, 0.1) is 14.8 Å². The van der Waals surface area contributed by atoms with Gasteiger partial charge in [-0.15, -0.1) is 0 Å². The number of carboxylic acid groups (broad SMARTS) is 1. The zero-order valence-electron chi connectivity index (χ0n) is 12.6. The molecule has 0 saturated heterocycles. The van der Waals surface area contributed by atoms with Crippen LogP contribution in [0.1, 0.15) is 15.9 Å². The van der Waals surface area contributed by atoms with Crippen molar-refractivity contribution in [3.63, 3.8) is 0 Å². The Morgan fingerprint density at radius 1 is 1.28 bits per heavy atom. The zero-order valence-corrected chi connectivity index (χ0v) is 15.5. The van der Waals surface area contributed by atoms with Crippen molar-refractivity contribution in [2.45, 2.75) is 0 Å². The molecule has 130 valence electrons. The molecule has 0 aliphatic heterocycles. The molecule has 0 radical (unpaired) electrons. The molecule has 9 heteroatoms. The third-order valence-corrected chi connectivity index (χ3v) is 4.10. The summed E-state index contributed by atoms with van der Waals surface area (Å²) in [6.45, 7) is -0.494. The van der Waals surface area contributed by atoms with Crippen molar-refractivity contribution in [1.82, 2.24) is 5.43 Å². The quantitative estimate of drug-likeness (QED) is 0.339. The molecule has 2 aromatic carbocycles. The van der Waals surface area contributed by atoms with Gasteiger partial charge in [-0.1, -0.05) is 11.6 Å². The highest BCUT2D eigenvalue weighted by Gasteiger charge is 2.08. The first-order valence-electron chi connectivity index (χ1n) is 6.83. The monoisotopic (exact) mass is 474 g/mol. The smallest absolute Gasteiger partial charge is 0.341 e. The number of aromatic hydroxyl groups is 1. The highest BCUT2D eigenvalue weighted by Crippen LogP contribution is 2.25. The lowest BCUT2D eigenvalue weighted by atomic mass is 10.2. The van der Waals surface area contributed by atoms with E-state index in [2.05, 4.69) is 10.5 Å². The van der Waals surface area contributed by atoms with E-state index >= 15 is 0 Å². The number of carboxylic acids is 1. The maximum absolute atomic E-state index is 11.9. The van der Waals surface area contributed by atoms with Crippen molar-refractivity contribution in [3.8, 4) is 11.5 Å². The lowest BCUT2D eigenvalue weighted by Crippen LogP contribution is -2.17. The van der Waals surface area contributed by atoms with E-state index < -0.39 is 18.5 Å². The molecule has 0 fully saturated rings. The topological polar surface area (TPSA) is 108 Å². The second kappa shape index (κ2) is 8.67. The fraction of sp³-hybridized carbons (Fsp3) is 0.0625. The molecular formula is C16H12ClIN2O5. The number of carbonyl (C=O) groups is 2. The van der Waals surface area contributed by atoms with Crippen molar-refractivity contribution in [1.29, 1.82) is 0 Å². The minimum atomic E-state index is -1.11. The van der Waals surface area contributed by atoms with E-state index in [1.54, 1.807) is 18.2 Å². The normalized spacial score (nSPS) is 10.6. The molecule has 2 rings (SSSR count). The van der Waals surface area contributed by atoms with Crippen molar-refractivity contribution < 1.29 is 24.5 Å². The molecule has 0 heterocycles. The fourth-order valence-corrected chi connectivity index (χ4v) is 2.32. The third kappa shape index (κ3) is 5.61. The number of aliphatic carboxylic acids is 1. The Morgan fingerprint density at radius 2 is 2.04 bits per heavy atom. The number of ether oxygens (including phenoxy) is 1. The van der Waals surface area contributed by atoms with Crippen LogP contribution in [0.5, 0.6) is 11.5 Å². The molecule has 2 aromatic rings. The average molecular weight is 475 g/mol. The number of carbonyl (C=O) groups excluding carboxylic acids is 1. The van der Waals surface area contributed by atoms with Crippen LogP contribution in [0.2, 0.25) is 5.02 Å². The van der Waals surface area contributed by atoms with Gasteiger partial charge in [-0.3, -0.25) is 4.79 Å². The van der Waals surface area contributed by atoms with Crippen molar-refractivity contribution in [2.75, 3.05) is 6.61 Å². The van der Waals surface area contributed by atoms with E-state index in [1.807, 2.05) is 22.6 Å². The number of hydrogen-bond acceptors (Lipinski definition) is 5. The van der Waals surface area contributed by atoms with E-state index in [4.69, 9.17) is 21.4 Å². The summed E-state index contributed by atoms with van der Waals surface area (Å²) in [5, 5.41) is 22.2. The van der Waals surface area contributed by atoms with Crippen molar-refractivity contribution in [3.05, 3.63) is 56.1 Å². The lowest BCUT2D eigenvalue weighted by molar-refractivity contribution is -0.139. The standard InChI is InChI=1S/C16H12ClIN2O5/c17-11-5-9(1-4-14(11)25-8-15(22)23)7-19-20-16(24)10-2-3-12(18)13(21)6-10/h1-7,21H,8H2,(H,20,24)(H,22,23)/b19-7-. The molecule has 7 nitrogen and oxygen atoms in total. The number of benzene rings is 2. The van der Waals surface area contributed by atoms with Crippen LogP contribution >= 0.6 is 34.2 Å². The second-order valence-electron chi connectivity index (χ2n) is 4.74. The Morgan fingerprint density at radius 3 is 2.68 bits per heavy atom. The van der Waals surface area contributed by atoms with Crippen LogP contribution in [-0.4, -0.2) is 34.9 Å². The van der Waals surface area contributed by atoms with Gasteiger partial charge in [0.15, 0.2) is 6.61 Å². The van der Waals surface area contributed by atoms with Gasteiger partial charge in [0.1, 0.15) is 11.5 Å². The van der Waals surface area contributed by atoms with Gasteiger partial charge in [-0.05, 0) is 64.6 Å². The summed E-state index contributed by atoms with van der Waals surface area (Å²) in [7, 11) is 0. The Kier molecular flexibility index (Phi) is 6.59. The molecular weight excluding hydrogens is 463 g/mol. The number of phenolic OH excluding ortho intramolecular Hbond substituents is 1. The summed E-state index contributed by atoms with van der Waals surface area (Å²) >= 11 is 7.94. The molecule has 0 spiro atoms. The number of nitrogens with zero attached hydrogens (tertiary/aromatic N) is 1. The van der Waals surface area contributed by atoms with Crippen LogP contribution in [0.15, 0.2) is 41.5 Å². The highest BCUT2D eigenvalue weighted by molar-refractivity contribution is 14.1. The predicted octanol–water partition coefficient (Wildman–Crippen LogP) is 2.88. The van der Waals surface area contributed by atoms with Gasteiger partial charge in [0.2, 0.25) is 0 Å². The Hall–Kier alpha value is -2.33. The first kappa shape index (κ1) is 19.0. The summed E-state index contributed by atoms with van der Waals surface area (Å²) in [5.74, 6) is -1.33. The largest absolute Gasteiger partial charge is 0.507 e. The minimum Gasteiger partial charge on any atom is -0.507 e. The maximum atomic E-state index is 11.9. The van der Waals surface area contributed by atoms with Crippen LogP contribution < -0.4 is 10.2 Å². The second-order valence-corrected chi connectivity index (χ2v) is 6.31. The van der Waals surface area contributed by atoms with E-state index in [-0.39, 0.29) is 22.1 Å². The summed E-state index contributed by atoms with van der Waals surface area (Å²) in [6.07, 6.45) is 1.37. The van der Waals surface area contributed by atoms with Gasteiger partial charge >= 0.3 is 5.97 Å².